The number of nitrogens with two attached hydrogens (primary N) is 1. The van der Waals surface area contributed by atoms with E-state index in [9.17, 15) is 19.7 Å². The molecule has 1 heterocycles. The third kappa shape index (κ3) is 4.30. The van der Waals surface area contributed by atoms with E-state index in [1.807, 2.05) is 0 Å². The van der Waals surface area contributed by atoms with E-state index in [0.717, 1.165) is 12.1 Å². The Balaban J connectivity index is 1.86. The highest BCUT2D eigenvalue weighted by Crippen LogP contribution is 2.20. The number of hydrogen-bond donors (Lipinski definition) is 2. The number of non-ortho nitro benzene ring substituents is 1. The first kappa shape index (κ1) is 16.0. The number of rotatable bonds is 6. The number of nitrogens with zero attached hydrogens (tertiary/aromatic N) is 1. The largest absolute Gasteiger partial charge is 0.467 e. The van der Waals surface area contributed by atoms with E-state index in [2.05, 4.69) is 5.32 Å². The molecule has 0 spiro atoms. The summed E-state index contributed by atoms with van der Waals surface area (Å²) < 4.78 is 9.84. The molecule has 2 aromatic rings. The summed E-state index contributed by atoms with van der Waals surface area (Å²) in [6, 6.07) is 6.72. The molecule has 9 nitrogen and oxygen atoms in total. The molecular weight excluding hydrogens is 306 g/mol. The van der Waals surface area contributed by atoms with E-state index in [1.54, 1.807) is 12.1 Å². The van der Waals surface area contributed by atoms with Crippen LogP contribution in [0.5, 0.6) is 0 Å². The minimum atomic E-state index is -0.842. The Morgan fingerprint density at radius 2 is 2.13 bits per heavy atom. The summed E-state index contributed by atoms with van der Waals surface area (Å²) in [6.45, 7) is -0.334. The fourth-order valence-corrected chi connectivity index (χ4v) is 1.71. The molecule has 0 saturated carbocycles. The summed E-state index contributed by atoms with van der Waals surface area (Å²) in [5.41, 5.74) is 5.19. The van der Waals surface area contributed by atoms with Crippen molar-refractivity contribution in [1.82, 2.24) is 5.32 Å². The van der Waals surface area contributed by atoms with Crippen LogP contribution in [0.4, 0.5) is 11.4 Å². The van der Waals surface area contributed by atoms with Crippen molar-refractivity contribution in [1.29, 1.82) is 0 Å². The van der Waals surface area contributed by atoms with Crippen LogP contribution in [-0.4, -0.2) is 23.4 Å². The maximum Gasteiger partial charge on any atom is 0.340 e. The van der Waals surface area contributed by atoms with Crippen LogP contribution in [0.3, 0.4) is 0 Å². The van der Waals surface area contributed by atoms with Crippen molar-refractivity contribution in [3.8, 4) is 0 Å². The van der Waals surface area contributed by atoms with Crippen molar-refractivity contribution < 1.29 is 23.7 Å². The summed E-state index contributed by atoms with van der Waals surface area (Å²) in [6.07, 6.45) is 1.47. The van der Waals surface area contributed by atoms with E-state index >= 15 is 0 Å². The zero-order valence-electron chi connectivity index (χ0n) is 11.9. The Morgan fingerprint density at radius 3 is 2.74 bits per heavy atom. The molecule has 1 aromatic carbocycles. The second kappa shape index (κ2) is 7.07. The van der Waals surface area contributed by atoms with Crippen LogP contribution in [0.15, 0.2) is 41.0 Å². The van der Waals surface area contributed by atoms with E-state index in [0.29, 0.717) is 5.76 Å². The van der Waals surface area contributed by atoms with Gasteiger partial charge in [0, 0.05) is 12.1 Å². The molecule has 0 aliphatic rings. The maximum absolute atomic E-state index is 11.8. The number of hydrogen-bond acceptors (Lipinski definition) is 7. The Labute approximate surface area is 130 Å². The molecule has 0 aliphatic heterocycles. The number of ether oxygens (including phenoxy) is 1. The highest BCUT2D eigenvalue weighted by Gasteiger charge is 2.16. The van der Waals surface area contributed by atoms with Gasteiger partial charge in [-0.3, -0.25) is 14.9 Å². The standard InChI is InChI=1S/C14H13N3O6/c15-12-6-9(17(20)21)3-4-11(12)14(19)23-8-13(18)16-7-10-2-1-5-22-10/h1-6H,7-8,15H2,(H,16,18). The van der Waals surface area contributed by atoms with Gasteiger partial charge in [-0.15, -0.1) is 0 Å². The fraction of sp³-hybridized carbons (Fsp3) is 0.143. The van der Waals surface area contributed by atoms with Gasteiger partial charge in [-0.05, 0) is 18.2 Å². The molecule has 23 heavy (non-hydrogen) atoms. The van der Waals surface area contributed by atoms with Crippen molar-refractivity contribution in [3.63, 3.8) is 0 Å². The van der Waals surface area contributed by atoms with Gasteiger partial charge in [-0.1, -0.05) is 0 Å². The highest BCUT2D eigenvalue weighted by molar-refractivity contribution is 5.96. The van der Waals surface area contributed by atoms with E-state index in [-0.39, 0.29) is 23.5 Å². The van der Waals surface area contributed by atoms with Gasteiger partial charge in [0.05, 0.1) is 29.0 Å². The molecule has 0 radical (unpaired) electrons. The van der Waals surface area contributed by atoms with Gasteiger partial charge in [-0.2, -0.15) is 0 Å². The number of carbonyl (C=O) groups is 2. The highest BCUT2D eigenvalue weighted by atomic mass is 16.6. The lowest BCUT2D eigenvalue weighted by molar-refractivity contribution is -0.384. The van der Waals surface area contributed by atoms with Crippen LogP contribution in [-0.2, 0) is 16.1 Å². The van der Waals surface area contributed by atoms with Crippen molar-refractivity contribution in [2.24, 2.45) is 0 Å². The lowest BCUT2D eigenvalue weighted by Gasteiger charge is -2.07. The number of carbonyl (C=O) groups excluding carboxylic acids is 2. The number of anilines is 1. The molecule has 120 valence electrons. The third-order valence-corrected chi connectivity index (χ3v) is 2.84. The summed E-state index contributed by atoms with van der Waals surface area (Å²) in [5.74, 6) is -0.801. The number of nitrogen functional groups attached to an aromatic ring is 1. The van der Waals surface area contributed by atoms with Crippen LogP contribution >= 0.6 is 0 Å². The molecule has 0 atom stereocenters. The number of benzene rings is 1. The number of esters is 1. The minimum Gasteiger partial charge on any atom is -0.467 e. The predicted molar refractivity (Wildman–Crippen MR) is 78.3 cm³/mol. The van der Waals surface area contributed by atoms with Crippen molar-refractivity contribution in [2.75, 3.05) is 12.3 Å². The molecule has 0 fully saturated rings. The average Bonchev–Trinajstić information content (AvgIpc) is 3.03. The Kier molecular flexibility index (Phi) is 4.92. The zero-order valence-corrected chi connectivity index (χ0v) is 11.9. The van der Waals surface area contributed by atoms with Gasteiger partial charge >= 0.3 is 5.97 Å². The van der Waals surface area contributed by atoms with Crippen LogP contribution < -0.4 is 11.1 Å². The van der Waals surface area contributed by atoms with Crippen molar-refractivity contribution in [3.05, 3.63) is 58.0 Å². The first-order chi connectivity index (χ1) is 11.0. The molecule has 1 aromatic heterocycles. The second-order valence-corrected chi connectivity index (χ2v) is 4.46. The molecule has 3 N–H and O–H groups in total. The first-order valence-electron chi connectivity index (χ1n) is 6.47. The number of furan rings is 1. The normalized spacial score (nSPS) is 10.1. The van der Waals surface area contributed by atoms with Gasteiger partial charge < -0.3 is 20.2 Å². The second-order valence-electron chi connectivity index (χ2n) is 4.46. The number of amides is 1. The summed E-state index contributed by atoms with van der Waals surface area (Å²) in [4.78, 5) is 33.3. The molecule has 0 aliphatic carbocycles. The quantitative estimate of drug-likeness (QED) is 0.353. The predicted octanol–water partition coefficient (Wildman–Crippen LogP) is 1.24. The van der Waals surface area contributed by atoms with E-state index in [4.69, 9.17) is 14.9 Å². The first-order valence-corrected chi connectivity index (χ1v) is 6.47. The van der Waals surface area contributed by atoms with Crippen LogP contribution in [0, 0.1) is 10.1 Å². The smallest absolute Gasteiger partial charge is 0.340 e. The van der Waals surface area contributed by atoms with Crippen LogP contribution in [0.2, 0.25) is 0 Å². The number of nitrogens with one attached hydrogen (secondary N) is 1. The van der Waals surface area contributed by atoms with Crippen LogP contribution in [0.1, 0.15) is 16.1 Å². The number of nitro groups is 1. The molecule has 0 saturated heterocycles. The molecule has 1 amide bonds. The van der Waals surface area contributed by atoms with E-state index < -0.39 is 23.4 Å². The summed E-state index contributed by atoms with van der Waals surface area (Å²) in [7, 11) is 0. The average molecular weight is 319 g/mol. The monoisotopic (exact) mass is 319 g/mol. The molecule has 9 heteroatoms. The van der Waals surface area contributed by atoms with Gasteiger partial charge in [0.1, 0.15) is 5.76 Å². The zero-order chi connectivity index (χ0) is 16.8. The summed E-state index contributed by atoms with van der Waals surface area (Å²) in [5, 5.41) is 13.1. The van der Waals surface area contributed by atoms with Gasteiger partial charge in [0.25, 0.3) is 11.6 Å². The molecular formula is C14H13N3O6. The Morgan fingerprint density at radius 1 is 1.35 bits per heavy atom. The maximum atomic E-state index is 11.8. The van der Waals surface area contributed by atoms with Gasteiger partial charge in [0.2, 0.25) is 0 Å². The lowest BCUT2D eigenvalue weighted by atomic mass is 10.1. The van der Waals surface area contributed by atoms with Gasteiger partial charge in [0.15, 0.2) is 6.61 Å². The van der Waals surface area contributed by atoms with Crippen molar-refractivity contribution in [2.45, 2.75) is 6.54 Å². The molecule has 0 bridgehead atoms. The molecule has 0 unspecified atom stereocenters. The SMILES string of the molecule is Nc1cc([N+](=O)[O-])ccc1C(=O)OCC(=O)NCc1ccco1. The topological polar surface area (TPSA) is 138 Å². The number of nitro benzene ring substituents is 1. The third-order valence-electron chi connectivity index (χ3n) is 2.84. The summed E-state index contributed by atoms with van der Waals surface area (Å²) >= 11 is 0. The van der Waals surface area contributed by atoms with E-state index in [1.165, 1.54) is 12.3 Å². The Hall–Kier alpha value is -3.36. The fourth-order valence-electron chi connectivity index (χ4n) is 1.71. The minimum absolute atomic E-state index is 0.0468. The molecule has 2 rings (SSSR count). The van der Waals surface area contributed by atoms with Crippen molar-refractivity contribution >= 4 is 23.3 Å². The Bertz CT molecular complexity index is 726. The lowest BCUT2D eigenvalue weighted by Crippen LogP contribution is -2.28. The van der Waals surface area contributed by atoms with Gasteiger partial charge in [-0.25, -0.2) is 4.79 Å². The van der Waals surface area contributed by atoms with Crippen LogP contribution in [0.25, 0.3) is 0 Å².